The lowest BCUT2D eigenvalue weighted by atomic mass is 10.0. The first-order valence-electron chi connectivity index (χ1n) is 10.8. The van der Waals surface area contributed by atoms with Gasteiger partial charge in [-0.2, -0.15) is 0 Å². The molecule has 0 aromatic heterocycles. The summed E-state index contributed by atoms with van der Waals surface area (Å²) >= 11 is 0. The Morgan fingerprint density at radius 3 is 2.62 bits per heavy atom. The molecule has 6 nitrogen and oxygen atoms in total. The molecule has 172 valence electrons. The van der Waals surface area contributed by atoms with Crippen molar-refractivity contribution in [2.75, 3.05) is 19.7 Å². The first-order chi connectivity index (χ1) is 15.4. The molecular weight excluding hydrogens is 418 g/mol. The minimum absolute atomic E-state index is 0.00774. The smallest absolute Gasteiger partial charge is 0.303 e. The molecule has 2 aromatic rings. The van der Waals surface area contributed by atoms with Gasteiger partial charge in [0.25, 0.3) is 0 Å². The van der Waals surface area contributed by atoms with Crippen LogP contribution in [0.5, 0.6) is 5.75 Å². The summed E-state index contributed by atoms with van der Waals surface area (Å²) in [5.41, 5.74) is 1.46. The van der Waals surface area contributed by atoms with Crippen molar-refractivity contribution < 1.29 is 28.2 Å². The zero-order chi connectivity index (χ0) is 22.9. The highest BCUT2D eigenvalue weighted by molar-refractivity contribution is 5.78. The van der Waals surface area contributed by atoms with Crippen LogP contribution >= 0.6 is 0 Å². The number of carboxylic acids is 1. The van der Waals surface area contributed by atoms with Gasteiger partial charge in [0.2, 0.25) is 5.91 Å². The number of carbonyl (C=O) groups excluding carboxylic acids is 1. The molecule has 2 N–H and O–H groups in total. The third-order valence-corrected chi connectivity index (χ3v) is 5.36. The van der Waals surface area contributed by atoms with E-state index in [2.05, 4.69) is 5.32 Å². The Bertz CT molecular complexity index is 931. The maximum atomic E-state index is 14.3. The van der Waals surface area contributed by atoms with Crippen LogP contribution in [-0.2, 0) is 29.1 Å². The second-order valence-electron chi connectivity index (χ2n) is 7.94. The molecule has 1 heterocycles. The number of rotatable bonds is 5. The maximum Gasteiger partial charge on any atom is 0.303 e. The van der Waals surface area contributed by atoms with Crippen molar-refractivity contribution in [3.8, 4) is 5.75 Å². The highest BCUT2D eigenvalue weighted by atomic mass is 19.1. The highest BCUT2D eigenvalue weighted by Crippen LogP contribution is 2.25. The Labute approximate surface area is 186 Å². The van der Waals surface area contributed by atoms with Gasteiger partial charge in [-0.3, -0.25) is 14.5 Å². The molecule has 0 bridgehead atoms. The first kappa shape index (κ1) is 23.7. The minimum Gasteiger partial charge on any atom is -0.493 e. The third-order valence-electron chi connectivity index (χ3n) is 5.36. The summed E-state index contributed by atoms with van der Waals surface area (Å²) in [5.74, 6) is -1.81. The topological polar surface area (TPSA) is 78.9 Å². The van der Waals surface area contributed by atoms with Gasteiger partial charge < -0.3 is 15.2 Å². The second-order valence-corrected chi connectivity index (χ2v) is 7.94. The summed E-state index contributed by atoms with van der Waals surface area (Å²) in [6.07, 6.45) is 2.89. The molecule has 0 spiro atoms. The molecule has 0 aliphatic carbocycles. The fourth-order valence-electron chi connectivity index (χ4n) is 3.69. The van der Waals surface area contributed by atoms with Gasteiger partial charge in [-0.25, -0.2) is 8.78 Å². The molecule has 0 unspecified atom stereocenters. The van der Waals surface area contributed by atoms with Gasteiger partial charge in [0, 0.05) is 37.2 Å². The zero-order valence-corrected chi connectivity index (χ0v) is 17.9. The summed E-state index contributed by atoms with van der Waals surface area (Å²) < 4.78 is 34.5. The molecule has 1 aliphatic rings. The Balaban J connectivity index is 1.91. The number of nitrogens with one attached hydrogen (secondary N) is 1. The molecule has 0 saturated carbocycles. The van der Waals surface area contributed by atoms with Gasteiger partial charge in [-0.15, -0.1) is 0 Å². The van der Waals surface area contributed by atoms with Gasteiger partial charge >= 0.3 is 5.97 Å². The maximum absolute atomic E-state index is 14.3. The Morgan fingerprint density at radius 1 is 1.09 bits per heavy atom. The number of carboxylic acid groups (broad SMARTS) is 1. The van der Waals surface area contributed by atoms with Crippen LogP contribution in [0.4, 0.5) is 8.78 Å². The van der Waals surface area contributed by atoms with Crippen LogP contribution in [0.25, 0.3) is 0 Å². The average molecular weight is 446 g/mol. The Hall–Kier alpha value is -3.00. The van der Waals surface area contributed by atoms with Gasteiger partial charge in [0.05, 0.1) is 13.2 Å². The van der Waals surface area contributed by atoms with Gasteiger partial charge in [-0.1, -0.05) is 18.2 Å². The van der Waals surface area contributed by atoms with E-state index in [1.807, 2.05) is 12.1 Å². The van der Waals surface area contributed by atoms with Crippen molar-refractivity contribution in [1.29, 1.82) is 0 Å². The summed E-state index contributed by atoms with van der Waals surface area (Å²) in [7, 11) is 0. The standard InChI is InChI=1S/C24H28F2N2O4/c25-20-5-4-6-21(26)19(20)15-28-14-18-13-17(8-10-24(30)31)7-9-22(18)32-12-3-1-2-11-27-23(29)16-28/h4-7,9,13H,1-3,8,10-12,14-16H2,(H,27,29)(H,30,31). The van der Waals surface area contributed by atoms with Gasteiger partial charge in [0.15, 0.2) is 0 Å². The van der Waals surface area contributed by atoms with E-state index in [4.69, 9.17) is 9.84 Å². The van der Waals surface area contributed by atoms with Crippen LogP contribution in [0.3, 0.4) is 0 Å². The molecule has 32 heavy (non-hydrogen) atoms. The molecule has 8 heteroatoms. The van der Waals surface area contributed by atoms with E-state index in [1.165, 1.54) is 18.2 Å². The SMILES string of the molecule is O=C(O)CCc1ccc2c(c1)CN(Cc1c(F)cccc1F)CC(=O)NCCCCCO2. The van der Waals surface area contributed by atoms with E-state index in [1.54, 1.807) is 11.0 Å². The fourth-order valence-corrected chi connectivity index (χ4v) is 3.69. The number of amides is 1. The molecule has 0 saturated heterocycles. The van der Waals surface area contributed by atoms with E-state index in [9.17, 15) is 18.4 Å². The largest absolute Gasteiger partial charge is 0.493 e. The predicted octanol–water partition coefficient (Wildman–Crippen LogP) is 3.66. The summed E-state index contributed by atoms with van der Waals surface area (Å²) in [6.45, 7) is 1.14. The summed E-state index contributed by atoms with van der Waals surface area (Å²) in [5, 5.41) is 11.8. The minimum atomic E-state index is -0.890. The molecule has 1 amide bonds. The molecule has 0 radical (unpaired) electrons. The summed E-state index contributed by atoms with van der Waals surface area (Å²) in [4.78, 5) is 25.1. The number of carbonyl (C=O) groups is 2. The van der Waals surface area contributed by atoms with Crippen LogP contribution in [0.15, 0.2) is 36.4 Å². The fraction of sp³-hybridized carbons (Fsp3) is 0.417. The average Bonchev–Trinajstić information content (AvgIpc) is 2.76. The number of ether oxygens (including phenoxy) is 1. The molecular formula is C24H28F2N2O4. The Kier molecular flexibility index (Phi) is 8.56. The molecule has 2 aromatic carbocycles. The Morgan fingerprint density at radius 2 is 1.88 bits per heavy atom. The van der Waals surface area contributed by atoms with Crippen LogP contribution in [0, 0.1) is 11.6 Å². The van der Waals surface area contributed by atoms with Crippen molar-refractivity contribution >= 4 is 11.9 Å². The van der Waals surface area contributed by atoms with Crippen molar-refractivity contribution in [2.24, 2.45) is 0 Å². The second kappa shape index (κ2) is 11.6. The highest BCUT2D eigenvalue weighted by Gasteiger charge is 2.19. The van der Waals surface area contributed by atoms with E-state index in [0.717, 1.165) is 30.4 Å². The number of hydrogen-bond donors (Lipinski definition) is 2. The lowest BCUT2D eigenvalue weighted by Crippen LogP contribution is -2.37. The predicted molar refractivity (Wildman–Crippen MR) is 115 cm³/mol. The number of aryl methyl sites for hydroxylation is 1. The van der Waals surface area contributed by atoms with Crippen molar-refractivity contribution in [1.82, 2.24) is 10.2 Å². The zero-order valence-electron chi connectivity index (χ0n) is 17.9. The van der Waals surface area contributed by atoms with Gasteiger partial charge in [0.1, 0.15) is 17.4 Å². The quantitative estimate of drug-likeness (QED) is 0.733. The van der Waals surface area contributed by atoms with Crippen molar-refractivity contribution in [3.05, 3.63) is 64.7 Å². The molecule has 3 rings (SSSR count). The van der Waals surface area contributed by atoms with Crippen molar-refractivity contribution in [3.63, 3.8) is 0 Å². The normalized spacial score (nSPS) is 16.0. The number of nitrogens with zero attached hydrogens (tertiary/aromatic N) is 1. The lowest BCUT2D eigenvalue weighted by Gasteiger charge is -2.24. The number of benzene rings is 2. The number of halogens is 2. The number of aliphatic carboxylic acids is 1. The third kappa shape index (κ3) is 7.02. The number of hydrogen-bond acceptors (Lipinski definition) is 4. The van der Waals surface area contributed by atoms with E-state index >= 15 is 0 Å². The van der Waals surface area contributed by atoms with E-state index in [0.29, 0.717) is 25.3 Å². The van der Waals surface area contributed by atoms with Crippen LogP contribution < -0.4 is 10.1 Å². The lowest BCUT2D eigenvalue weighted by molar-refractivity contribution is -0.137. The van der Waals surface area contributed by atoms with E-state index in [-0.39, 0.29) is 37.5 Å². The molecule has 0 atom stereocenters. The number of fused-ring (bicyclic) bond motifs is 1. The molecule has 1 aliphatic heterocycles. The van der Waals surface area contributed by atoms with Crippen LogP contribution in [0.1, 0.15) is 42.4 Å². The van der Waals surface area contributed by atoms with Gasteiger partial charge in [-0.05, 0) is 49.4 Å². The summed E-state index contributed by atoms with van der Waals surface area (Å²) in [6, 6.07) is 9.17. The van der Waals surface area contributed by atoms with Crippen LogP contribution in [-0.4, -0.2) is 41.6 Å². The van der Waals surface area contributed by atoms with Crippen molar-refractivity contribution in [2.45, 2.75) is 45.2 Å². The van der Waals surface area contributed by atoms with Crippen LogP contribution in [0.2, 0.25) is 0 Å². The van der Waals surface area contributed by atoms with E-state index < -0.39 is 17.6 Å². The first-order valence-corrected chi connectivity index (χ1v) is 10.8. The molecule has 0 fully saturated rings. The monoisotopic (exact) mass is 446 g/mol.